The predicted octanol–water partition coefficient (Wildman–Crippen LogP) is 3.13. The third-order valence-electron chi connectivity index (χ3n) is 2.25. The second-order valence-electron chi connectivity index (χ2n) is 4.23. The Morgan fingerprint density at radius 2 is 1.73 bits per heavy atom. The monoisotopic (exact) mass is 209 g/mol. The lowest BCUT2D eigenvalue weighted by Gasteiger charge is -2.07. The summed E-state index contributed by atoms with van der Waals surface area (Å²) >= 11 is 0. The Morgan fingerprint density at radius 3 is 2.13 bits per heavy atom. The van der Waals surface area contributed by atoms with Crippen molar-refractivity contribution in [1.82, 2.24) is 0 Å². The molecule has 0 aromatic heterocycles. The second kappa shape index (κ2) is 6.57. The van der Waals surface area contributed by atoms with Gasteiger partial charge >= 0.3 is 0 Å². The Hall–Kier alpha value is -0.890. The Morgan fingerprint density at radius 1 is 1.20 bits per heavy atom. The molecule has 1 aliphatic rings. The molecule has 1 nitrogen and oxygen atoms in total. The van der Waals surface area contributed by atoms with Crippen LogP contribution in [-0.2, 0) is 6.42 Å². The molecule has 2 N–H and O–H groups in total. The minimum Gasteiger partial charge on any atom is -0.330 e. The van der Waals surface area contributed by atoms with Crippen molar-refractivity contribution < 1.29 is 4.39 Å². The first-order valence-electron chi connectivity index (χ1n) is 5.67. The molecule has 15 heavy (non-hydrogen) atoms. The molecule has 1 saturated carbocycles. The van der Waals surface area contributed by atoms with E-state index in [-0.39, 0.29) is 5.82 Å². The van der Waals surface area contributed by atoms with E-state index < -0.39 is 0 Å². The van der Waals surface area contributed by atoms with Gasteiger partial charge in [0.1, 0.15) is 5.82 Å². The topological polar surface area (TPSA) is 26.0 Å². The Bertz CT molecular complexity index is 264. The van der Waals surface area contributed by atoms with E-state index >= 15 is 0 Å². The van der Waals surface area contributed by atoms with E-state index in [9.17, 15) is 4.39 Å². The van der Waals surface area contributed by atoms with E-state index in [1.165, 1.54) is 31.4 Å². The highest BCUT2D eigenvalue weighted by molar-refractivity contribution is 5.16. The zero-order valence-electron chi connectivity index (χ0n) is 9.38. The lowest BCUT2D eigenvalue weighted by molar-refractivity contribution is 0.589. The van der Waals surface area contributed by atoms with Crippen LogP contribution in [0.15, 0.2) is 24.3 Å². The largest absolute Gasteiger partial charge is 0.330 e. The molecular weight excluding hydrogens is 189 g/mol. The third kappa shape index (κ3) is 6.24. The molecule has 0 spiro atoms. The van der Waals surface area contributed by atoms with Gasteiger partial charge in [-0.2, -0.15) is 0 Å². The molecule has 1 atom stereocenters. The van der Waals surface area contributed by atoms with Crippen LogP contribution in [0, 0.1) is 11.7 Å². The average molecular weight is 209 g/mol. The number of nitrogens with two attached hydrogens (primary N) is 1. The maximum Gasteiger partial charge on any atom is 0.123 e. The average Bonchev–Trinajstić information content (AvgIpc) is 3.08. The molecule has 0 heterocycles. The Balaban J connectivity index is 0.000000319. The molecule has 0 saturated heterocycles. The van der Waals surface area contributed by atoms with Crippen molar-refractivity contribution in [3.8, 4) is 0 Å². The SMILES string of the molecule is C1CC1.CC(CN)Cc1ccc(F)cc1. The summed E-state index contributed by atoms with van der Waals surface area (Å²) in [5.41, 5.74) is 6.62. The molecule has 1 unspecified atom stereocenters. The summed E-state index contributed by atoms with van der Waals surface area (Å²) in [4.78, 5) is 0. The molecule has 1 aromatic rings. The molecule has 1 fully saturated rings. The van der Waals surface area contributed by atoms with Crippen molar-refractivity contribution >= 4 is 0 Å². The molecule has 0 radical (unpaired) electrons. The summed E-state index contributed by atoms with van der Waals surface area (Å²) in [5, 5.41) is 0. The van der Waals surface area contributed by atoms with E-state index in [0.717, 1.165) is 12.0 Å². The first-order valence-corrected chi connectivity index (χ1v) is 5.67. The van der Waals surface area contributed by atoms with E-state index in [1.807, 2.05) is 12.1 Å². The normalized spacial score (nSPS) is 15.1. The van der Waals surface area contributed by atoms with Crippen LogP contribution in [-0.4, -0.2) is 6.54 Å². The smallest absolute Gasteiger partial charge is 0.123 e. The van der Waals surface area contributed by atoms with Crippen molar-refractivity contribution in [2.75, 3.05) is 6.54 Å². The fourth-order valence-corrected chi connectivity index (χ4v) is 1.11. The summed E-state index contributed by atoms with van der Waals surface area (Å²) in [5.74, 6) is 0.287. The molecule has 84 valence electrons. The van der Waals surface area contributed by atoms with Crippen LogP contribution in [0.25, 0.3) is 0 Å². The van der Waals surface area contributed by atoms with E-state index in [1.54, 1.807) is 0 Å². The number of halogens is 1. The van der Waals surface area contributed by atoms with Crippen molar-refractivity contribution in [3.05, 3.63) is 35.6 Å². The van der Waals surface area contributed by atoms with Crippen LogP contribution < -0.4 is 5.73 Å². The maximum atomic E-state index is 12.5. The zero-order valence-corrected chi connectivity index (χ0v) is 9.38. The van der Waals surface area contributed by atoms with Crippen molar-refractivity contribution in [2.45, 2.75) is 32.6 Å². The Labute approximate surface area is 91.5 Å². The van der Waals surface area contributed by atoms with Crippen LogP contribution in [0.5, 0.6) is 0 Å². The molecule has 2 rings (SSSR count). The van der Waals surface area contributed by atoms with E-state index in [4.69, 9.17) is 5.73 Å². The fraction of sp³-hybridized carbons (Fsp3) is 0.538. The standard InChI is InChI=1S/C10H14FN.C3H6/c1-8(7-12)6-9-2-4-10(11)5-3-9;1-2-3-1/h2-5,8H,6-7,12H2,1H3;1-3H2. The molecule has 0 bridgehead atoms. The van der Waals surface area contributed by atoms with Gasteiger partial charge in [-0.05, 0) is 36.6 Å². The number of benzene rings is 1. The number of rotatable bonds is 3. The van der Waals surface area contributed by atoms with Crippen LogP contribution in [0.2, 0.25) is 0 Å². The minimum absolute atomic E-state index is 0.181. The van der Waals surface area contributed by atoms with Gasteiger partial charge in [-0.25, -0.2) is 4.39 Å². The lowest BCUT2D eigenvalue weighted by atomic mass is 10.0. The molecular formula is C13H20FN. The van der Waals surface area contributed by atoms with Crippen LogP contribution in [0.4, 0.5) is 4.39 Å². The van der Waals surface area contributed by atoms with Crippen molar-refractivity contribution in [2.24, 2.45) is 11.7 Å². The van der Waals surface area contributed by atoms with Crippen LogP contribution in [0.1, 0.15) is 31.7 Å². The van der Waals surface area contributed by atoms with Crippen LogP contribution in [0.3, 0.4) is 0 Å². The van der Waals surface area contributed by atoms with E-state index in [2.05, 4.69) is 6.92 Å². The highest BCUT2D eigenvalue weighted by atomic mass is 19.1. The van der Waals surface area contributed by atoms with Gasteiger partial charge in [0.05, 0.1) is 0 Å². The summed E-state index contributed by atoms with van der Waals surface area (Å²) in [6.45, 7) is 2.76. The molecule has 1 aromatic carbocycles. The first kappa shape index (κ1) is 12.2. The predicted molar refractivity (Wildman–Crippen MR) is 62.2 cm³/mol. The summed E-state index contributed by atoms with van der Waals surface area (Å²) < 4.78 is 12.5. The summed E-state index contributed by atoms with van der Waals surface area (Å²) in [6, 6.07) is 6.58. The first-order chi connectivity index (χ1) is 7.22. The van der Waals surface area contributed by atoms with Crippen molar-refractivity contribution in [3.63, 3.8) is 0 Å². The molecule has 2 heteroatoms. The van der Waals surface area contributed by atoms with E-state index in [0.29, 0.717) is 12.5 Å². The van der Waals surface area contributed by atoms with Gasteiger partial charge in [-0.1, -0.05) is 38.3 Å². The van der Waals surface area contributed by atoms with Gasteiger partial charge in [0.15, 0.2) is 0 Å². The number of hydrogen-bond acceptors (Lipinski definition) is 1. The van der Waals surface area contributed by atoms with Gasteiger partial charge in [0, 0.05) is 0 Å². The molecule has 0 amide bonds. The van der Waals surface area contributed by atoms with Gasteiger partial charge in [-0.15, -0.1) is 0 Å². The number of hydrogen-bond donors (Lipinski definition) is 1. The van der Waals surface area contributed by atoms with Gasteiger partial charge in [0.25, 0.3) is 0 Å². The highest BCUT2D eigenvalue weighted by Gasteiger charge is 2.00. The van der Waals surface area contributed by atoms with Gasteiger partial charge in [0.2, 0.25) is 0 Å². The van der Waals surface area contributed by atoms with Crippen molar-refractivity contribution in [1.29, 1.82) is 0 Å². The Kier molecular flexibility index (Phi) is 5.33. The summed E-state index contributed by atoms with van der Waals surface area (Å²) in [6.07, 6.45) is 5.43. The molecule has 0 aliphatic heterocycles. The zero-order chi connectivity index (χ0) is 11.1. The lowest BCUT2D eigenvalue weighted by Crippen LogP contribution is -2.12. The maximum absolute atomic E-state index is 12.5. The summed E-state index contributed by atoms with van der Waals surface area (Å²) in [7, 11) is 0. The van der Waals surface area contributed by atoms with Crippen LogP contribution >= 0.6 is 0 Å². The quantitative estimate of drug-likeness (QED) is 0.813. The van der Waals surface area contributed by atoms with Gasteiger partial charge in [-0.3, -0.25) is 0 Å². The second-order valence-corrected chi connectivity index (χ2v) is 4.23. The highest BCUT2D eigenvalue weighted by Crippen LogP contribution is 2.14. The third-order valence-corrected chi connectivity index (χ3v) is 2.25. The fourth-order valence-electron chi connectivity index (χ4n) is 1.11. The minimum atomic E-state index is -0.181. The van der Waals surface area contributed by atoms with Gasteiger partial charge < -0.3 is 5.73 Å². The molecule has 1 aliphatic carbocycles.